The molecule has 4 nitrogen and oxygen atoms in total. The lowest BCUT2D eigenvalue weighted by Gasteiger charge is -2.15. The molecular weight excluding hydrogens is 486 g/mol. The van der Waals surface area contributed by atoms with Crippen LogP contribution in [-0.2, 0) is 11.3 Å². The van der Waals surface area contributed by atoms with Crippen LogP contribution in [0.2, 0.25) is 5.02 Å². The summed E-state index contributed by atoms with van der Waals surface area (Å²) in [5.74, 6) is -4.54. The van der Waals surface area contributed by atoms with E-state index in [4.69, 9.17) is 21.1 Å². The molecule has 0 radical (unpaired) electrons. The molecule has 0 saturated carbocycles. The first-order chi connectivity index (χ1) is 16.8. The largest absolute Gasteiger partial charge is 0.472 e. The fourth-order valence-corrected chi connectivity index (χ4v) is 4.20. The lowest BCUT2D eigenvalue weighted by atomic mass is 9.96. The third kappa shape index (κ3) is 5.32. The maximum atomic E-state index is 14.3. The highest BCUT2D eigenvalue weighted by molar-refractivity contribution is 6.30. The van der Waals surface area contributed by atoms with Crippen LogP contribution >= 0.6 is 11.6 Å². The molecule has 9 heteroatoms. The fraction of sp³-hybridized carbons (Fsp3) is 0.231. The first-order valence-electron chi connectivity index (χ1n) is 10.9. The van der Waals surface area contributed by atoms with Crippen LogP contribution in [0.3, 0.4) is 0 Å². The van der Waals surface area contributed by atoms with E-state index in [0.29, 0.717) is 41.1 Å². The molecule has 0 amide bonds. The lowest BCUT2D eigenvalue weighted by Crippen LogP contribution is -2.08. The number of aromatic nitrogens is 1. The van der Waals surface area contributed by atoms with Gasteiger partial charge in [0, 0.05) is 23.9 Å². The van der Waals surface area contributed by atoms with Gasteiger partial charge in [0.1, 0.15) is 29.9 Å². The Hall–Kier alpha value is -3.39. The Labute approximate surface area is 204 Å². The number of hydrogen-bond acceptors (Lipinski definition) is 4. The van der Waals surface area contributed by atoms with Gasteiger partial charge in [-0.1, -0.05) is 17.7 Å². The van der Waals surface area contributed by atoms with Gasteiger partial charge in [-0.05, 0) is 61.1 Å². The molecule has 1 heterocycles. The van der Waals surface area contributed by atoms with Crippen LogP contribution in [0.15, 0.2) is 42.6 Å². The molecule has 0 aliphatic heterocycles. The molecule has 2 aromatic carbocycles. The first-order valence-corrected chi connectivity index (χ1v) is 11.3. The Bertz CT molecular complexity index is 1300. The molecule has 0 spiro atoms. The minimum atomic E-state index is -1.07. The molecule has 4 rings (SSSR count). The Morgan fingerprint density at radius 3 is 2.43 bits per heavy atom. The van der Waals surface area contributed by atoms with Crippen molar-refractivity contribution >= 4 is 28.7 Å². The van der Waals surface area contributed by atoms with Gasteiger partial charge in [-0.2, -0.15) is 0 Å². The van der Waals surface area contributed by atoms with E-state index in [1.807, 2.05) is 0 Å². The summed E-state index contributed by atoms with van der Waals surface area (Å²) in [4.78, 5) is 16.4. The zero-order valence-corrected chi connectivity index (χ0v) is 19.4. The minimum absolute atomic E-state index is 0.0830. The van der Waals surface area contributed by atoms with Gasteiger partial charge in [-0.25, -0.2) is 27.3 Å². The molecule has 0 bridgehead atoms. The Kier molecular flexibility index (Phi) is 7.40. The second-order valence-electron chi connectivity index (χ2n) is 7.87. The standard InChI is InChI=1S/C26H20ClF4NO3/c1-2-34-26(33)20-8-14(6-7-22(20)29)17-4-3-5-18(17)19-9-15(27)12-32-25(19)35-13-21-23(30)10-16(28)11-24(21)31/h6-12H,2-5,13H2,1H3. The van der Waals surface area contributed by atoms with E-state index < -0.39 is 41.4 Å². The highest BCUT2D eigenvalue weighted by Crippen LogP contribution is 2.43. The molecule has 0 fully saturated rings. The summed E-state index contributed by atoms with van der Waals surface area (Å²) in [6, 6.07) is 6.99. The number of allylic oxidation sites excluding steroid dienone is 2. The van der Waals surface area contributed by atoms with Gasteiger partial charge in [-0.3, -0.25) is 0 Å². The van der Waals surface area contributed by atoms with E-state index in [1.165, 1.54) is 18.3 Å². The van der Waals surface area contributed by atoms with E-state index in [1.54, 1.807) is 19.1 Å². The molecule has 0 unspecified atom stereocenters. The highest BCUT2D eigenvalue weighted by Gasteiger charge is 2.24. The van der Waals surface area contributed by atoms with Gasteiger partial charge < -0.3 is 9.47 Å². The number of rotatable bonds is 7. The summed E-state index contributed by atoms with van der Waals surface area (Å²) in [5.41, 5.74) is 2.16. The Morgan fingerprint density at radius 1 is 1.00 bits per heavy atom. The van der Waals surface area contributed by atoms with Gasteiger partial charge in [0.25, 0.3) is 0 Å². The summed E-state index contributed by atoms with van der Waals surface area (Å²) in [6.45, 7) is 1.22. The quantitative estimate of drug-likeness (QED) is 0.253. The number of benzene rings is 2. The summed E-state index contributed by atoms with van der Waals surface area (Å²) in [6.07, 6.45) is 3.35. The molecule has 1 aromatic heterocycles. The maximum Gasteiger partial charge on any atom is 0.341 e. The number of carbonyl (C=O) groups excluding carboxylic acids is 1. The van der Waals surface area contributed by atoms with Crippen molar-refractivity contribution in [2.75, 3.05) is 6.61 Å². The van der Waals surface area contributed by atoms with Crippen molar-refractivity contribution < 1.29 is 31.8 Å². The van der Waals surface area contributed by atoms with Crippen LogP contribution in [-0.4, -0.2) is 17.6 Å². The number of ether oxygens (including phenoxy) is 2. The molecule has 0 atom stereocenters. The van der Waals surface area contributed by atoms with Crippen molar-refractivity contribution in [3.63, 3.8) is 0 Å². The maximum absolute atomic E-state index is 14.3. The first kappa shape index (κ1) is 24.7. The number of pyridine rings is 1. The fourth-order valence-electron chi connectivity index (χ4n) is 4.05. The van der Waals surface area contributed by atoms with Crippen molar-refractivity contribution in [2.45, 2.75) is 32.8 Å². The van der Waals surface area contributed by atoms with Crippen LogP contribution in [0, 0.1) is 23.3 Å². The van der Waals surface area contributed by atoms with Crippen molar-refractivity contribution in [3.8, 4) is 5.88 Å². The van der Waals surface area contributed by atoms with Crippen LogP contribution < -0.4 is 4.74 Å². The number of hydrogen-bond donors (Lipinski definition) is 0. The van der Waals surface area contributed by atoms with Crippen molar-refractivity contribution in [1.82, 2.24) is 4.98 Å². The van der Waals surface area contributed by atoms with E-state index in [-0.39, 0.29) is 18.1 Å². The van der Waals surface area contributed by atoms with Gasteiger partial charge >= 0.3 is 5.97 Å². The van der Waals surface area contributed by atoms with Gasteiger partial charge in [0.05, 0.1) is 22.8 Å². The SMILES string of the molecule is CCOC(=O)c1cc(C2=C(c3cc(Cl)cnc3OCc3c(F)cc(F)cc3F)CCC2)ccc1F. The molecule has 35 heavy (non-hydrogen) atoms. The normalized spacial score (nSPS) is 13.3. The molecule has 1 aliphatic carbocycles. The summed E-state index contributed by atoms with van der Waals surface area (Å²) >= 11 is 6.18. The van der Waals surface area contributed by atoms with E-state index in [0.717, 1.165) is 17.6 Å². The minimum Gasteiger partial charge on any atom is -0.472 e. The van der Waals surface area contributed by atoms with Crippen molar-refractivity contribution in [1.29, 1.82) is 0 Å². The third-order valence-electron chi connectivity index (χ3n) is 5.63. The lowest BCUT2D eigenvalue weighted by molar-refractivity contribution is 0.0521. The molecule has 182 valence electrons. The number of esters is 1. The molecule has 0 saturated heterocycles. The van der Waals surface area contributed by atoms with E-state index in [9.17, 15) is 22.4 Å². The predicted octanol–water partition coefficient (Wildman–Crippen LogP) is 7.14. The zero-order valence-electron chi connectivity index (χ0n) is 18.6. The summed E-state index contributed by atoms with van der Waals surface area (Å²) in [5, 5.41) is 0.316. The zero-order chi connectivity index (χ0) is 25.1. The average molecular weight is 506 g/mol. The van der Waals surface area contributed by atoms with Crippen molar-refractivity contribution in [2.24, 2.45) is 0 Å². The van der Waals surface area contributed by atoms with Crippen LogP contribution in [0.4, 0.5) is 17.6 Å². The van der Waals surface area contributed by atoms with E-state index in [2.05, 4.69) is 4.98 Å². The monoisotopic (exact) mass is 505 g/mol. The van der Waals surface area contributed by atoms with Crippen LogP contribution in [0.5, 0.6) is 5.88 Å². The number of halogens is 5. The van der Waals surface area contributed by atoms with Gasteiger partial charge in [0.2, 0.25) is 5.88 Å². The average Bonchev–Trinajstić information content (AvgIpc) is 3.29. The number of carbonyl (C=O) groups is 1. The molecule has 1 aliphatic rings. The predicted molar refractivity (Wildman–Crippen MR) is 123 cm³/mol. The topological polar surface area (TPSA) is 48.4 Å². The van der Waals surface area contributed by atoms with Crippen molar-refractivity contribution in [3.05, 3.63) is 93.1 Å². The third-order valence-corrected chi connectivity index (χ3v) is 5.84. The van der Waals surface area contributed by atoms with Gasteiger partial charge in [-0.15, -0.1) is 0 Å². The molecular formula is C26H20ClF4NO3. The second-order valence-corrected chi connectivity index (χ2v) is 8.31. The molecule has 3 aromatic rings. The second kappa shape index (κ2) is 10.5. The van der Waals surface area contributed by atoms with Crippen LogP contribution in [0.1, 0.15) is 53.2 Å². The van der Waals surface area contributed by atoms with Crippen LogP contribution in [0.25, 0.3) is 11.1 Å². The molecule has 0 N–H and O–H groups in total. The van der Waals surface area contributed by atoms with Gasteiger partial charge in [0.15, 0.2) is 0 Å². The summed E-state index contributed by atoms with van der Waals surface area (Å²) in [7, 11) is 0. The Morgan fingerprint density at radius 2 is 1.71 bits per heavy atom. The van der Waals surface area contributed by atoms with E-state index >= 15 is 0 Å². The summed E-state index contributed by atoms with van der Waals surface area (Å²) < 4.78 is 66.2. The Balaban J connectivity index is 1.72. The highest BCUT2D eigenvalue weighted by atomic mass is 35.5. The number of nitrogens with zero attached hydrogens (tertiary/aromatic N) is 1. The smallest absolute Gasteiger partial charge is 0.341 e.